The molecule has 3 aliphatic carbocycles. The van der Waals surface area contributed by atoms with Crippen molar-refractivity contribution in [2.75, 3.05) is 7.05 Å². The summed E-state index contributed by atoms with van der Waals surface area (Å²) in [5.74, 6) is 2.18. The number of carbonyl (C=O) groups is 1. The second kappa shape index (κ2) is 8.41. The first kappa shape index (κ1) is 20.7. The highest BCUT2D eigenvalue weighted by atomic mass is 16.4. The predicted molar refractivity (Wildman–Crippen MR) is 121 cm³/mol. The molecule has 2 aromatic rings. The van der Waals surface area contributed by atoms with Gasteiger partial charge in [-0.3, -0.25) is 9.69 Å². The van der Waals surface area contributed by atoms with Crippen LogP contribution in [0.25, 0.3) is 11.8 Å². The highest BCUT2D eigenvalue weighted by molar-refractivity contribution is 6.04. The molecule has 1 fully saturated rings. The Bertz CT molecular complexity index is 1110. The number of aliphatic hydroxyl groups excluding tert-OH is 1. The van der Waals surface area contributed by atoms with Crippen LogP contribution in [-0.2, 0) is 24.1 Å². The van der Waals surface area contributed by atoms with Gasteiger partial charge in [0.2, 0.25) is 12.3 Å². The third-order valence-corrected chi connectivity index (χ3v) is 6.59. The number of imidazole rings is 1. The fourth-order valence-electron chi connectivity index (χ4n) is 4.62. The molecule has 0 aromatic carbocycles. The Balaban J connectivity index is 1.65. The minimum atomic E-state index is -0.00759. The summed E-state index contributed by atoms with van der Waals surface area (Å²) in [6.07, 6.45) is 14.0. The molecule has 1 saturated carbocycles. The van der Waals surface area contributed by atoms with Gasteiger partial charge in [-0.15, -0.1) is 0 Å². The van der Waals surface area contributed by atoms with Crippen LogP contribution in [0.3, 0.4) is 0 Å². The van der Waals surface area contributed by atoms with Crippen LogP contribution in [0.5, 0.6) is 0 Å². The zero-order valence-corrected chi connectivity index (χ0v) is 18.7. The summed E-state index contributed by atoms with van der Waals surface area (Å²) >= 11 is 0. The van der Waals surface area contributed by atoms with Gasteiger partial charge in [0.1, 0.15) is 11.5 Å². The van der Waals surface area contributed by atoms with E-state index in [9.17, 15) is 9.90 Å². The van der Waals surface area contributed by atoms with Crippen molar-refractivity contribution in [1.82, 2.24) is 19.4 Å². The van der Waals surface area contributed by atoms with E-state index >= 15 is 0 Å². The number of allylic oxidation sites excluding steroid dienone is 2. The summed E-state index contributed by atoms with van der Waals surface area (Å²) in [6.45, 7) is 1.56. The van der Waals surface area contributed by atoms with E-state index in [4.69, 9.17) is 14.4 Å². The van der Waals surface area contributed by atoms with Crippen LogP contribution in [0.4, 0.5) is 0 Å². The van der Waals surface area contributed by atoms with Gasteiger partial charge >= 0.3 is 0 Å². The maximum Gasteiger partial charge on any atom is 0.249 e. The molecule has 32 heavy (non-hydrogen) atoms. The second-order valence-corrected chi connectivity index (χ2v) is 8.84. The minimum absolute atomic E-state index is 0.00759. The number of rotatable bonds is 5. The zero-order chi connectivity index (χ0) is 22.2. The van der Waals surface area contributed by atoms with Gasteiger partial charge < -0.3 is 14.1 Å². The number of oxazole rings is 1. The predicted octanol–water partition coefficient (Wildman–Crippen LogP) is 4.22. The lowest BCUT2D eigenvalue weighted by molar-refractivity contribution is -0.114. The lowest BCUT2D eigenvalue weighted by Gasteiger charge is -2.31. The molecule has 0 radical (unpaired) electrons. The molecule has 0 saturated heterocycles. The molecule has 0 unspecified atom stereocenters. The number of aryl methyl sites for hydroxylation is 3. The summed E-state index contributed by atoms with van der Waals surface area (Å²) in [7, 11) is 1.66. The first-order chi connectivity index (χ1) is 15.6. The van der Waals surface area contributed by atoms with Crippen molar-refractivity contribution in [1.29, 1.82) is 0 Å². The number of aliphatic imine (C=N–C) groups is 1. The first-order valence-electron chi connectivity index (χ1n) is 11.5. The quantitative estimate of drug-likeness (QED) is 0.328. The summed E-state index contributed by atoms with van der Waals surface area (Å²) < 4.78 is 8.21. The molecular formula is C24H29N5O3. The Hall–Kier alpha value is -3.16. The van der Waals surface area contributed by atoms with Crippen molar-refractivity contribution < 1.29 is 14.3 Å². The van der Waals surface area contributed by atoms with Crippen molar-refractivity contribution in [3.8, 4) is 0 Å². The Kier molecular flexibility index (Phi) is 5.45. The van der Waals surface area contributed by atoms with Gasteiger partial charge in [0.15, 0.2) is 17.4 Å². The number of amidine groups is 1. The van der Waals surface area contributed by atoms with Crippen LogP contribution in [0.15, 0.2) is 21.2 Å². The molecular weight excluding hydrogens is 406 g/mol. The average Bonchev–Trinajstić information content (AvgIpc) is 3.34. The lowest BCUT2D eigenvalue weighted by atomic mass is 9.92. The molecule has 2 heterocycles. The molecule has 168 valence electrons. The van der Waals surface area contributed by atoms with Crippen LogP contribution < -0.4 is 0 Å². The molecule has 1 N–H and O–H groups in total. The molecule has 0 bridgehead atoms. The van der Waals surface area contributed by atoms with Crippen LogP contribution in [0, 0.1) is 0 Å². The molecule has 0 spiro atoms. The van der Waals surface area contributed by atoms with E-state index in [0.717, 1.165) is 80.6 Å². The van der Waals surface area contributed by atoms with Crippen molar-refractivity contribution >= 4 is 24.0 Å². The van der Waals surface area contributed by atoms with Crippen LogP contribution >= 0.6 is 0 Å². The SMILES string of the molecule is C/C(O)=C(\N=C(c1nc2c(n1C1CCC1)C=CCC2)N(C)C=O)c1nc2c(o1)CCCC2. The standard InChI is InChI=1S/C24H29N5O3/c1-15(31)21(24-26-18-11-4-6-13-20(18)32-24)27-22(28(2)14-30)23-25-17-10-3-5-12-19(17)29(23)16-8-7-9-16/h5,12,14,16,31H,3-4,6-11,13H2,1-2H3/b21-15+,27-22?. The number of hydrogen-bond acceptors (Lipinski definition) is 6. The number of amides is 1. The van der Waals surface area contributed by atoms with E-state index < -0.39 is 0 Å². The van der Waals surface area contributed by atoms with E-state index in [2.05, 4.69) is 21.7 Å². The van der Waals surface area contributed by atoms with E-state index in [0.29, 0.717) is 23.6 Å². The van der Waals surface area contributed by atoms with Gasteiger partial charge in [-0.2, -0.15) is 0 Å². The van der Waals surface area contributed by atoms with Gasteiger partial charge in [-0.1, -0.05) is 6.08 Å². The van der Waals surface area contributed by atoms with Gasteiger partial charge in [0.25, 0.3) is 0 Å². The molecule has 5 rings (SSSR count). The van der Waals surface area contributed by atoms with Gasteiger partial charge in [0, 0.05) is 19.5 Å². The molecule has 8 heteroatoms. The Morgan fingerprint density at radius 1 is 1.22 bits per heavy atom. The summed E-state index contributed by atoms with van der Waals surface area (Å²) in [4.78, 5) is 27.6. The number of carbonyl (C=O) groups excluding carboxylic acids is 1. The average molecular weight is 436 g/mol. The molecule has 8 nitrogen and oxygen atoms in total. The highest BCUT2D eigenvalue weighted by Crippen LogP contribution is 2.37. The van der Waals surface area contributed by atoms with Gasteiger partial charge in [-0.05, 0) is 64.4 Å². The van der Waals surface area contributed by atoms with Crippen molar-refractivity contribution in [2.45, 2.75) is 70.8 Å². The summed E-state index contributed by atoms with van der Waals surface area (Å²) in [5, 5.41) is 10.5. The summed E-state index contributed by atoms with van der Waals surface area (Å²) in [6, 6.07) is 0.339. The molecule has 3 aliphatic rings. The maximum atomic E-state index is 11.9. The van der Waals surface area contributed by atoms with Crippen molar-refractivity contribution in [3.63, 3.8) is 0 Å². The third-order valence-electron chi connectivity index (χ3n) is 6.59. The Labute approximate surface area is 187 Å². The molecule has 1 amide bonds. The molecule has 2 aromatic heterocycles. The molecule has 0 atom stereocenters. The third kappa shape index (κ3) is 3.57. The molecule has 0 aliphatic heterocycles. The largest absolute Gasteiger partial charge is 0.510 e. The summed E-state index contributed by atoms with van der Waals surface area (Å²) in [5.41, 5.74) is 3.29. The first-order valence-corrected chi connectivity index (χ1v) is 11.5. The monoisotopic (exact) mass is 435 g/mol. The second-order valence-electron chi connectivity index (χ2n) is 8.84. The fourth-order valence-corrected chi connectivity index (χ4v) is 4.62. The topological polar surface area (TPSA) is 96.8 Å². The van der Waals surface area contributed by atoms with E-state index in [-0.39, 0.29) is 11.5 Å². The number of fused-ring (bicyclic) bond motifs is 2. The maximum absolute atomic E-state index is 11.9. The zero-order valence-electron chi connectivity index (χ0n) is 18.7. The highest BCUT2D eigenvalue weighted by Gasteiger charge is 2.31. The van der Waals surface area contributed by atoms with Gasteiger partial charge in [0.05, 0.1) is 17.1 Å². The van der Waals surface area contributed by atoms with Crippen molar-refractivity contribution in [3.05, 3.63) is 46.4 Å². The van der Waals surface area contributed by atoms with Crippen molar-refractivity contribution in [2.24, 2.45) is 4.99 Å². The van der Waals surface area contributed by atoms with Crippen LogP contribution in [0.1, 0.15) is 86.0 Å². The number of hydrogen-bond donors (Lipinski definition) is 1. The smallest absolute Gasteiger partial charge is 0.249 e. The number of nitrogens with zero attached hydrogens (tertiary/aromatic N) is 5. The van der Waals surface area contributed by atoms with Crippen LogP contribution in [-0.4, -0.2) is 43.8 Å². The van der Waals surface area contributed by atoms with E-state index in [1.54, 1.807) is 14.0 Å². The fraction of sp³-hybridized carbons (Fsp3) is 0.500. The number of aliphatic hydroxyl groups is 1. The lowest BCUT2D eigenvalue weighted by Crippen LogP contribution is -2.32. The Morgan fingerprint density at radius 3 is 2.72 bits per heavy atom. The van der Waals surface area contributed by atoms with E-state index in [1.165, 1.54) is 11.3 Å². The van der Waals surface area contributed by atoms with E-state index in [1.807, 2.05) is 0 Å². The van der Waals surface area contributed by atoms with Gasteiger partial charge in [-0.25, -0.2) is 15.0 Å². The van der Waals surface area contributed by atoms with Crippen LogP contribution in [0.2, 0.25) is 0 Å². The number of aromatic nitrogens is 3. The normalized spacial score (nSPS) is 19.1. The minimum Gasteiger partial charge on any atom is -0.510 e. The Morgan fingerprint density at radius 2 is 2.03 bits per heavy atom.